The van der Waals surface area contributed by atoms with Crippen LogP contribution in [0.15, 0.2) is 0 Å². The normalized spacial score (nSPS) is 49.8. The van der Waals surface area contributed by atoms with Crippen LogP contribution in [0, 0.1) is 46.3 Å². The van der Waals surface area contributed by atoms with Crippen molar-refractivity contribution in [3.05, 3.63) is 0 Å². The molecule has 9 rings (SSSR count). The molecule has 0 saturated heterocycles. The fourth-order valence-electron chi connectivity index (χ4n) is 10.9. The van der Waals surface area contributed by atoms with Crippen LogP contribution in [0.2, 0.25) is 0 Å². The summed E-state index contributed by atoms with van der Waals surface area (Å²) in [5.74, 6) is 5.24. The van der Waals surface area contributed by atoms with Crippen molar-refractivity contribution in [1.29, 1.82) is 0 Å². The van der Waals surface area contributed by atoms with E-state index in [9.17, 15) is 9.59 Å². The van der Waals surface area contributed by atoms with Gasteiger partial charge in [-0.05, 0) is 138 Å². The van der Waals surface area contributed by atoms with Gasteiger partial charge in [-0.1, -0.05) is 6.42 Å². The Morgan fingerprint density at radius 1 is 0.500 bits per heavy atom. The highest BCUT2D eigenvalue weighted by Crippen LogP contribution is 2.61. The molecule has 2 amide bonds. The lowest BCUT2D eigenvalue weighted by Crippen LogP contribution is -2.68. The zero-order chi connectivity index (χ0) is 21.6. The molecule has 0 radical (unpaired) electrons. The molecule has 176 valence electrons. The molecule has 4 heteroatoms. The average molecular weight is 439 g/mol. The summed E-state index contributed by atoms with van der Waals surface area (Å²) in [6, 6.07) is 0. The van der Waals surface area contributed by atoms with Crippen molar-refractivity contribution in [2.45, 2.75) is 115 Å². The SMILES string of the molecule is O=C(NC1(NC(=O)C23CC4CC(CC(C4)C2)C3)CCCCC1)C12CC3CC(CC(C3)C1)C2. The quantitative estimate of drug-likeness (QED) is 0.584. The van der Waals surface area contributed by atoms with Gasteiger partial charge < -0.3 is 10.6 Å². The van der Waals surface area contributed by atoms with Crippen LogP contribution < -0.4 is 10.6 Å². The Morgan fingerprint density at radius 2 is 0.812 bits per heavy atom. The molecule has 8 bridgehead atoms. The molecule has 0 aromatic rings. The summed E-state index contributed by atoms with van der Waals surface area (Å²) in [4.78, 5) is 27.9. The van der Waals surface area contributed by atoms with Crippen LogP contribution in [0.5, 0.6) is 0 Å². The second-order valence-electron chi connectivity index (χ2n) is 13.9. The first kappa shape index (κ1) is 20.3. The number of rotatable bonds is 4. The van der Waals surface area contributed by atoms with Crippen LogP contribution in [-0.2, 0) is 9.59 Å². The largest absolute Gasteiger partial charge is 0.333 e. The molecule has 4 nitrogen and oxygen atoms in total. The molecule has 9 aliphatic rings. The van der Waals surface area contributed by atoms with E-state index >= 15 is 0 Å². The first-order valence-corrected chi connectivity index (χ1v) is 14.1. The zero-order valence-corrected chi connectivity index (χ0v) is 19.8. The second kappa shape index (κ2) is 6.98. The van der Waals surface area contributed by atoms with E-state index in [0.717, 1.165) is 99.7 Å². The molecule has 0 atom stereocenters. The Bertz CT molecular complexity index is 680. The van der Waals surface area contributed by atoms with Crippen molar-refractivity contribution in [1.82, 2.24) is 10.6 Å². The lowest BCUT2D eigenvalue weighted by atomic mass is 9.49. The van der Waals surface area contributed by atoms with Crippen molar-refractivity contribution in [3.8, 4) is 0 Å². The minimum Gasteiger partial charge on any atom is -0.333 e. The van der Waals surface area contributed by atoms with E-state index in [-0.39, 0.29) is 10.8 Å². The highest BCUT2D eigenvalue weighted by atomic mass is 16.2. The molecular formula is C28H42N2O2. The lowest BCUT2D eigenvalue weighted by Gasteiger charge is -2.57. The third-order valence-corrected chi connectivity index (χ3v) is 11.5. The Hall–Kier alpha value is -1.06. The van der Waals surface area contributed by atoms with Gasteiger partial charge in [-0.2, -0.15) is 0 Å². The summed E-state index contributed by atoms with van der Waals surface area (Å²) < 4.78 is 0. The summed E-state index contributed by atoms with van der Waals surface area (Å²) in [6.45, 7) is 0. The topological polar surface area (TPSA) is 58.2 Å². The number of hydrogen-bond donors (Lipinski definition) is 2. The summed E-state index contributed by atoms with van der Waals surface area (Å²) >= 11 is 0. The first-order chi connectivity index (χ1) is 15.4. The third kappa shape index (κ3) is 3.13. The smallest absolute Gasteiger partial charge is 0.228 e. The minimum absolute atomic E-state index is 0.134. The maximum absolute atomic E-state index is 13.9. The highest BCUT2D eigenvalue weighted by molar-refractivity contribution is 5.87. The van der Waals surface area contributed by atoms with Crippen LogP contribution in [0.25, 0.3) is 0 Å². The average Bonchev–Trinajstić information content (AvgIpc) is 2.72. The van der Waals surface area contributed by atoms with Gasteiger partial charge in [-0.25, -0.2) is 0 Å². The maximum Gasteiger partial charge on any atom is 0.228 e. The lowest BCUT2D eigenvalue weighted by molar-refractivity contribution is -0.154. The first-order valence-electron chi connectivity index (χ1n) is 14.1. The van der Waals surface area contributed by atoms with Crippen LogP contribution in [0.4, 0.5) is 0 Å². The molecule has 9 saturated carbocycles. The van der Waals surface area contributed by atoms with Crippen molar-refractivity contribution in [2.24, 2.45) is 46.3 Å². The van der Waals surface area contributed by atoms with Crippen LogP contribution in [0.1, 0.15) is 109 Å². The second-order valence-corrected chi connectivity index (χ2v) is 13.9. The maximum atomic E-state index is 13.9. The summed E-state index contributed by atoms with van der Waals surface area (Å²) in [5, 5.41) is 7.16. The van der Waals surface area contributed by atoms with Gasteiger partial charge in [-0.3, -0.25) is 9.59 Å². The van der Waals surface area contributed by atoms with Crippen molar-refractivity contribution in [3.63, 3.8) is 0 Å². The molecule has 2 N–H and O–H groups in total. The Balaban J connectivity index is 1.12. The van der Waals surface area contributed by atoms with Gasteiger partial charge >= 0.3 is 0 Å². The molecule has 9 aliphatic carbocycles. The molecule has 9 fully saturated rings. The number of nitrogens with one attached hydrogen (secondary N) is 2. The molecule has 0 spiro atoms. The molecule has 0 aromatic heterocycles. The van der Waals surface area contributed by atoms with Gasteiger partial charge in [0.25, 0.3) is 0 Å². The van der Waals surface area contributed by atoms with Crippen LogP contribution in [0.3, 0.4) is 0 Å². The number of carbonyl (C=O) groups excluding carboxylic acids is 2. The predicted molar refractivity (Wildman–Crippen MR) is 123 cm³/mol. The van der Waals surface area contributed by atoms with Crippen LogP contribution >= 0.6 is 0 Å². The monoisotopic (exact) mass is 438 g/mol. The van der Waals surface area contributed by atoms with E-state index in [4.69, 9.17) is 0 Å². The summed E-state index contributed by atoms with van der Waals surface area (Å²) in [5.41, 5.74) is -0.756. The highest BCUT2D eigenvalue weighted by Gasteiger charge is 2.58. The van der Waals surface area contributed by atoms with Gasteiger partial charge in [0.05, 0.1) is 10.8 Å². The van der Waals surface area contributed by atoms with Crippen molar-refractivity contribution >= 4 is 11.8 Å². The van der Waals surface area contributed by atoms with Gasteiger partial charge in [0, 0.05) is 0 Å². The molecule has 0 aliphatic heterocycles. The van der Waals surface area contributed by atoms with Gasteiger partial charge in [-0.15, -0.1) is 0 Å². The minimum atomic E-state index is -0.487. The Morgan fingerprint density at radius 3 is 1.12 bits per heavy atom. The number of amides is 2. The fraction of sp³-hybridized carbons (Fsp3) is 0.929. The van der Waals surface area contributed by atoms with E-state index in [1.165, 1.54) is 44.9 Å². The third-order valence-electron chi connectivity index (χ3n) is 11.5. The Kier molecular flexibility index (Phi) is 4.43. The van der Waals surface area contributed by atoms with E-state index in [1.54, 1.807) is 0 Å². The van der Waals surface area contributed by atoms with Crippen LogP contribution in [-0.4, -0.2) is 17.5 Å². The standard InChI is InChI=1S/C28H42N2O2/c31-24(26-12-18-6-19(13-26)8-20(7-18)14-26)29-28(4-2-1-3-5-28)30-25(32)27-15-21-9-22(16-27)11-23(10-21)17-27/h18-23H,1-17H2,(H,29,31)(H,30,32). The van der Waals surface area contributed by atoms with E-state index in [1.807, 2.05) is 0 Å². The molecule has 32 heavy (non-hydrogen) atoms. The van der Waals surface area contributed by atoms with Gasteiger partial charge in [0.2, 0.25) is 11.8 Å². The Labute approximate surface area is 193 Å². The van der Waals surface area contributed by atoms with Crippen molar-refractivity contribution in [2.75, 3.05) is 0 Å². The summed E-state index contributed by atoms with van der Waals surface area (Å²) in [7, 11) is 0. The number of hydrogen-bond acceptors (Lipinski definition) is 2. The molecule has 0 heterocycles. The number of carbonyl (C=O) groups is 2. The molecular weight excluding hydrogens is 396 g/mol. The van der Waals surface area contributed by atoms with Crippen molar-refractivity contribution < 1.29 is 9.59 Å². The molecule has 0 unspecified atom stereocenters. The van der Waals surface area contributed by atoms with E-state index < -0.39 is 5.66 Å². The summed E-state index contributed by atoms with van der Waals surface area (Å²) in [6.07, 6.45) is 20.1. The van der Waals surface area contributed by atoms with Gasteiger partial charge in [0.1, 0.15) is 5.66 Å². The van der Waals surface area contributed by atoms with E-state index in [2.05, 4.69) is 10.6 Å². The molecule has 0 aromatic carbocycles. The van der Waals surface area contributed by atoms with Gasteiger partial charge in [0.15, 0.2) is 0 Å². The predicted octanol–water partition coefficient (Wildman–Crippen LogP) is 5.31. The zero-order valence-electron chi connectivity index (χ0n) is 19.8. The fourth-order valence-corrected chi connectivity index (χ4v) is 10.9. The van der Waals surface area contributed by atoms with E-state index in [0.29, 0.717) is 11.8 Å².